The molecule has 9 N–H and O–H groups in total. The molecular formula is C47H65F2N9O9. The minimum atomic E-state index is -1.18. The number of carbonyl (C=O) groups is 5. The van der Waals surface area contributed by atoms with Crippen LogP contribution in [-0.4, -0.2) is 110 Å². The van der Waals surface area contributed by atoms with Crippen LogP contribution in [0.2, 0.25) is 0 Å². The van der Waals surface area contributed by atoms with Crippen molar-refractivity contribution >= 4 is 35.8 Å². The molecule has 20 heteroatoms. The Kier molecular flexibility index (Phi) is 21.7. The summed E-state index contributed by atoms with van der Waals surface area (Å²) in [6.45, 7) is 9.86. The number of amides is 6. The topological polar surface area (TPSA) is 247 Å². The van der Waals surface area contributed by atoms with E-state index in [2.05, 4.69) is 36.9 Å². The highest BCUT2D eigenvalue weighted by Crippen LogP contribution is 2.32. The summed E-state index contributed by atoms with van der Waals surface area (Å²) in [6.07, 6.45) is 1.54. The van der Waals surface area contributed by atoms with Crippen molar-refractivity contribution in [3.63, 3.8) is 0 Å². The molecule has 0 saturated heterocycles. The van der Waals surface area contributed by atoms with Crippen molar-refractivity contribution in [2.24, 2.45) is 10.7 Å². The van der Waals surface area contributed by atoms with Gasteiger partial charge < -0.3 is 57.0 Å². The third-order valence-corrected chi connectivity index (χ3v) is 10.3. The molecular weight excluding hydrogens is 873 g/mol. The fourth-order valence-corrected chi connectivity index (χ4v) is 6.96. The van der Waals surface area contributed by atoms with Gasteiger partial charge in [-0.3, -0.25) is 19.3 Å². The van der Waals surface area contributed by atoms with Crippen molar-refractivity contribution in [1.82, 2.24) is 36.8 Å². The van der Waals surface area contributed by atoms with E-state index in [4.69, 9.17) is 19.9 Å². The second kappa shape index (κ2) is 27.3. The van der Waals surface area contributed by atoms with Gasteiger partial charge in [-0.2, -0.15) is 4.99 Å². The zero-order valence-corrected chi connectivity index (χ0v) is 38.7. The Balaban J connectivity index is 1.38. The lowest BCUT2D eigenvalue weighted by Gasteiger charge is -2.29. The summed E-state index contributed by atoms with van der Waals surface area (Å²) in [5, 5.41) is 25.6. The minimum Gasteiger partial charge on any atom is -0.508 e. The summed E-state index contributed by atoms with van der Waals surface area (Å²) in [6, 6.07) is 14.3. The number of nitrogens with one attached hydrogen (secondary N) is 6. The first-order valence-electron chi connectivity index (χ1n) is 22.4. The van der Waals surface area contributed by atoms with Crippen LogP contribution in [0.3, 0.4) is 0 Å². The van der Waals surface area contributed by atoms with Gasteiger partial charge in [0, 0.05) is 76.5 Å². The van der Waals surface area contributed by atoms with Crippen molar-refractivity contribution in [2.45, 2.75) is 97.1 Å². The Morgan fingerprint density at radius 2 is 1.43 bits per heavy atom. The Labute approximate surface area is 390 Å². The average Bonchev–Trinajstić information content (AvgIpc) is 3.70. The molecule has 18 nitrogen and oxygen atoms in total. The molecule has 0 spiro atoms. The number of nitrogens with two attached hydrogens (primary N) is 1. The van der Waals surface area contributed by atoms with Gasteiger partial charge in [0.1, 0.15) is 35.1 Å². The second-order valence-corrected chi connectivity index (χ2v) is 16.7. The molecule has 0 saturated carbocycles. The summed E-state index contributed by atoms with van der Waals surface area (Å²) in [5.41, 5.74) is 8.70. The molecule has 0 bridgehead atoms. The Bertz CT molecular complexity index is 2090. The zero-order chi connectivity index (χ0) is 48.8. The Morgan fingerprint density at radius 1 is 0.791 bits per heavy atom. The maximum Gasteiger partial charge on any atom is 0.407 e. The number of carbonyl (C=O) groups excluding carboxylic acids is 5. The molecule has 3 aromatic rings. The first-order valence-corrected chi connectivity index (χ1v) is 22.4. The van der Waals surface area contributed by atoms with Gasteiger partial charge in [-0.15, -0.1) is 0 Å². The monoisotopic (exact) mass is 937 g/mol. The number of guanidine groups is 1. The molecule has 0 aromatic heterocycles. The predicted molar refractivity (Wildman–Crippen MR) is 246 cm³/mol. The average molecular weight is 938 g/mol. The number of fused-ring (bicyclic) bond motifs is 1. The van der Waals surface area contributed by atoms with Crippen LogP contribution in [0.15, 0.2) is 65.7 Å². The van der Waals surface area contributed by atoms with Gasteiger partial charge in [0.05, 0.1) is 19.8 Å². The van der Waals surface area contributed by atoms with E-state index in [1.807, 2.05) is 53.4 Å². The number of aromatic hydroxyl groups is 1. The number of phenols is 1. The van der Waals surface area contributed by atoms with Gasteiger partial charge in [0.2, 0.25) is 17.7 Å². The first kappa shape index (κ1) is 53.2. The quantitative estimate of drug-likeness (QED) is 0.0342. The number of aliphatic imine (C=N–C) groups is 1. The normalized spacial score (nSPS) is 13.5. The van der Waals surface area contributed by atoms with E-state index in [0.29, 0.717) is 64.5 Å². The number of phenolic OH excluding ortho intramolecular Hbond substituents is 1. The van der Waals surface area contributed by atoms with Gasteiger partial charge in [-0.05, 0) is 68.7 Å². The Hall–Kier alpha value is -6.38. The van der Waals surface area contributed by atoms with Crippen LogP contribution in [0.25, 0.3) is 0 Å². The van der Waals surface area contributed by atoms with Crippen molar-refractivity contribution < 1.29 is 52.1 Å². The fourth-order valence-electron chi connectivity index (χ4n) is 6.96. The van der Waals surface area contributed by atoms with Crippen molar-refractivity contribution in [3.8, 4) is 5.75 Å². The van der Waals surface area contributed by atoms with Gasteiger partial charge in [-0.25, -0.2) is 18.4 Å². The largest absolute Gasteiger partial charge is 0.508 e. The molecule has 0 aliphatic carbocycles. The third kappa shape index (κ3) is 19.2. The predicted octanol–water partition coefficient (Wildman–Crippen LogP) is 3.94. The molecule has 67 heavy (non-hydrogen) atoms. The second-order valence-electron chi connectivity index (χ2n) is 16.7. The van der Waals surface area contributed by atoms with E-state index >= 15 is 0 Å². The van der Waals surface area contributed by atoms with Crippen LogP contribution in [-0.2, 0) is 54.6 Å². The maximum atomic E-state index is 14.6. The van der Waals surface area contributed by atoms with Gasteiger partial charge in [-0.1, -0.05) is 55.5 Å². The SMILES string of the molecule is CCC(=O)NCCNC(=O)/N=C(/N)NCCC[C@@H](NC(=O)C(c1ccc(CCCOCCOCCNC(=O)OC(C)(C)C)cc1)N1Cc2ccccc2C1)C(=O)NCc1c(F)cc(O)cc1F. The van der Waals surface area contributed by atoms with Crippen LogP contribution in [0.4, 0.5) is 18.4 Å². The smallest absolute Gasteiger partial charge is 0.407 e. The summed E-state index contributed by atoms with van der Waals surface area (Å²) >= 11 is 0. The lowest BCUT2D eigenvalue weighted by Crippen LogP contribution is -2.50. The molecule has 6 amide bonds. The van der Waals surface area contributed by atoms with Crippen LogP contribution in [0.1, 0.15) is 87.2 Å². The molecule has 1 unspecified atom stereocenters. The number of halogens is 2. The van der Waals surface area contributed by atoms with Crippen molar-refractivity contribution in [1.29, 1.82) is 0 Å². The van der Waals surface area contributed by atoms with Crippen LogP contribution in [0, 0.1) is 11.6 Å². The number of hydrogen-bond donors (Lipinski definition) is 8. The molecule has 1 aliphatic heterocycles. The third-order valence-electron chi connectivity index (χ3n) is 10.3. The van der Waals surface area contributed by atoms with E-state index in [-0.39, 0.29) is 44.3 Å². The van der Waals surface area contributed by atoms with E-state index in [0.717, 1.165) is 35.2 Å². The van der Waals surface area contributed by atoms with Gasteiger partial charge in [0.15, 0.2) is 5.96 Å². The number of aryl methyl sites for hydroxylation is 1. The minimum absolute atomic E-state index is 0.0487. The first-order chi connectivity index (χ1) is 32.0. The molecule has 0 fully saturated rings. The molecule has 2 atom stereocenters. The van der Waals surface area contributed by atoms with Crippen molar-refractivity contribution in [3.05, 3.63) is 100 Å². The standard InChI is InChI=1S/C47H65F2N9O9/c1-5-40(60)51-19-20-53-45(63)57-44(50)52-18-8-13-39(42(61)55-28-36-37(48)26-35(59)27-38(36)49)56-43(62)41(58-29-33-11-6-7-12-34(33)30-58)32-16-14-31(15-17-32)10-9-22-65-24-25-66-23-21-54-46(64)67-47(2,3)4/h6-7,11-12,14-17,26-27,39,41,59H,5,8-10,13,18-25,28-30H2,1-4H3,(H,51,60)(H,54,64)(H,55,61)(H,56,62)(H4,50,52,53,57,63)/t39-,41?/m1/s1. The summed E-state index contributed by atoms with van der Waals surface area (Å²) in [5.74, 6) is -4.25. The van der Waals surface area contributed by atoms with Gasteiger partial charge in [0.25, 0.3) is 0 Å². The van der Waals surface area contributed by atoms with Gasteiger partial charge >= 0.3 is 12.1 Å². The summed E-state index contributed by atoms with van der Waals surface area (Å²) < 4.78 is 45.7. The van der Waals surface area contributed by atoms with Crippen molar-refractivity contribution in [2.75, 3.05) is 52.6 Å². The van der Waals surface area contributed by atoms with E-state index in [1.165, 1.54) is 0 Å². The maximum absolute atomic E-state index is 14.6. The highest BCUT2D eigenvalue weighted by Gasteiger charge is 2.34. The van der Waals surface area contributed by atoms with E-state index in [9.17, 15) is 37.9 Å². The number of ether oxygens (including phenoxy) is 3. The summed E-state index contributed by atoms with van der Waals surface area (Å²) in [7, 11) is 0. The molecule has 4 rings (SSSR count). The number of hydrogen-bond acceptors (Lipinski definition) is 10. The highest BCUT2D eigenvalue weighted by atomic mass is 19.1. The fraction of sp³-hybridized carbons (Fsp3) is 0.489. The Morgan fingerprint density at radius 3 is 2.07 bits per heavy atom. The number of alkyl carbamates (subject to hydrolysis) is 1. The lowest BCUT2D eigenvalue weighted by molar-refractivity contribution is -0.132. The summed E-state index contributed by atoms with van der Waals surface area (Å²) in [4.78, 5) is 69.3. The zero-order valence-electron chi connectivity index (χ0n) is 38.7. The molecule has 366 valence electrons. The lowest BCUT2D eigenvalue weighted by atomic mass is 10.00. The number of nitrogens with zero attached hydrogens (tertiary/aromatic N) is 2. The molecule has 1 aliphatic rings. The number of rotatable bonds is 25. The molecule has 0 radical (unpaired) electrons. The van der Waals surface area contributed by atoms with Crippen LogP contribution in [0.5, 0.6) is 5.75 Å². The molecule has 1 heterocycles. The van der Waals surface area contributed by atoms with E-state index < -0.39 is 71.1 Å². The van der Waals surface area contributed by atoms with Crippen LogP contribution < -0.4 is 37.6 Å². The number of benzene rings is 3. The molecule has 3 aromatic carbocycles. The van der Waals surface area contributed by atoms with Crippen LogP contribution >= 0.6 is 0 Å². The highest BCUT2D eigenvalue weighted by molar-refractivity contribution is 5.92. The number of urea groups is 1. The van der Waals surface area contributed by atoms with E-state index in [1.54, 1.807) is 27.7 Å².